The van der Waals surface area contributed by atoms with Gasteiger partial charge in [0.05, 0.1) is 25.4 Å². The number of aliphatic hydroxyl groups excluding tert-OH is 1. The Kier molecular flexibility index (Phi) is 10.9. The first kappa shape index (κ1) is 27.5. The summed E-state index contributed by atoms with van der Waals surface area (Å²) in [5.74, 6) is -5.62. The monoisotopic (exact) mass is 470 g/mol. The molecule has 4 atom stereocenters. The number of nitrogens with zero attached hydrogens (tertiary/aromatic N) is 1. The lowest BCUT2D eigenvalue weighted by atomic mass is 10.0. The van der Waals surface area contributed by atoms with Crippen LogP contribution in [-0.2, 0) is 30.4 Å². The third-order valence-electron chi connectivity index (χ3n) is 4.48. The molecule has 0 saturated carbocycles. The number of amides is 3. The number of aliphatic carboxylic acids is 2. The van der Waals surface area contributed by atoms with E-state index < -0.39 is 66.9 Å². The molecule has 1 aromatic rings. The largest absolute Gasteiger partial charge is 0.481 e. The molecule has 0 spiro atoms. The minimum absolute atomic E-state index is 0.0430. The predicted octanol–water partition coefficient (Wildman–Crippen LogP) is -2.67. The van der Waals surface area contributed by atoms with Crippen molar-refractivity contribution in [3.05, 3.63) is 18.2 Å². The average Bonchev–Trinajstić information content (AvgIpc) is 3.22. The molecule has 1 heterocycles. The van der Waals surface area contributed by atoms with Gasteiger partial charge in [-0.3, -0.25) is 19.2 Å². The fourth-order valence-electron chi connectivity index (χ4n) is 2.82. The molecule has 33 heavy (non-hydrogen) atoms. The van der Waals surface area contributed by atoms with Crippen molar-refractivity contribution in [3.63, 3.8) is 0 Å². The molecule has 1 aromatic heterocycles. The zero-order valence-electron chi connectivity index (χ0n) is 18.3. The summed E-state index contributed by atoms with van der Waals surface area (Å²) >= 11 is 0. The smallest absolute Gasteiger partial charge is 0.326 e. The number of carboxylic acids is 2. The van der Waals surface area contributed by atoms with Crippen molar-refractivity contribution >= 4 is 29.7 Å². The molecule has 0 saturated heterocycles. The number of carbonyl (C=O) groups is 5. The maximum absolute atomic E-state index is 12.6. The molecule has 3 amide bonds. The Morgan fingerprint density at radius 3 is 2.06 bits per heavy atom. The number of aromatic amines is 1. The van der Waals surface area contributed by atoms with Crippen molar-refractivity contribution in [2.75, 3.05) is 6.61 Å². The molecule has 0 aliphatic heterocycles. The maximum atomic E-state index is 12.6. The van der Waals surface area contributed by atoms with Gasteiger partial charge >= 0.3 is 11.9 Å². The van der Waals surface area contributed by atoms with Crippen molar-refractivity contribution < 1.29 is 39.3 Å². The van der Waals surface area contributed by atoms with E-state index in [2.05, 4.69) is 25.9 Å². The van der Waals surface area contributed by atoms with Crippen LogP contribution in [0.3, 0.4) is 0 Å². The normalized spacial score (nSPS) is 14.6. The van der Waals surface area contributed by atoms with E-state index >= 15 is 0 Å². The van der Waals surface area contributed by atoms with E-state index in [0.717, 1.165) is 0 Å². The second-order valence-electron chi connectivity index (χ2n) is 7.82. The van der Waals surface area contributed by atoms with Crippen molar-refractivity contribution in [3.8, 4) is 0 Å². The van der Waals surface area contributed by atoms with Crippen LogP contribution in [0.25, 0.3) is 0 Å². The predicted molar refractivity (Wildman–Crippen MR) is 112 cm³/mol. The Labute approximate surface area is 189 Å². The molecule has 9 N–H and O–H groups in total. The zero-order chi connectivity index (χ0) is 25.1. The summed E-state index contributed by atoms with van der Waals surface area (Å²) in [4.78, 5) is 66.3. The molecular formula is C19H30N6O8. The van der Waals surface area contributed by atoms with Crippen molar-refractivity contribution in [2.24, 2.45) is 11.7 Å². The first-order valence-corrected chi connectivity index (χ1v) is 10.1. The lowest BCUT2D eigenvalue weighted by molar-refractivity contribution is -0.143. The molecule has 0 bridgehead atoms. The van der Waals surface area contributed by atoms with Gasteiger partial charge in [0, 0.05) is 18.3 Å². The van der Waals surface area contributed by atoms with E-state index in [9.17, 15) is 34.2 Å². The van der Waals surface area contributed by atoms with E-state index in [1.54, 1.807) is 13.8 Å². The molecule has 0 radical (unpaired) electrons. The second kappa shape index (κ2) is 13.1. The van der Waals surface area contributed by atoms with Crippen LogP contribution in [0.2, 0.25) is 0 Å². The average molecular weight is 470 g/mol. The number of rotatable bonds is 14. The van der Waals surface area contributed by atoms with E-state index in [0.29, 0.717) is 5.69 Å². The van der Waals surface area contributed by atoms with Crippen LogP contribution in [0.1, 0.15) is 32.4 Å². The number of imidazole rings is 1. The zero-order valence-corrected chi connectivity index (χ0v) is 18.3. The van der Waals surface area contributed by atoms with Gasteiger partial charge in [0.1, 0.15) is 18.1 Å². The van der Waals surface area contributed by atoms with Crippen molar-refractivity contribution in [2.45, 2.75) is 57.3 Å². The number of hydrogen-bond acceptors (Lipinski definition) is 8. The number of nitrogens with two attached hydrogens (primary N) is 1. The van der Waals surface area contributed by atoms with E-state index in [1.807, 2.05) is 0 Å². The minimum Gasteiger partial charge on any atom is -0.481 e. The SMILES string of the molecule is CC(C)CC(NC(=O)C(CO)NC(=O)C(CC(=O)O)NC(=O)C(N)Cc1cnc[nH]1)C(=O)O. The lowest BCUT2D eigenvalue weighted by Gasteiger charge is -2.24. The highest BCUT2D eigenvalue weighted by molar-refractivity contribution is 5.95. The van der Waals surface area contributed by atoms with Gasteiger partial charge in [0.2, 0.25) is 17.7 Å². The second-order valence-corrected chi connectivity index (χ2v) is 7.82. The summed E-state index contributed by atoms with van der Waals surface area (Å²) in [5, 5.41) is 34.4. The van der Waals surface area contributed by atoms with Gasteiger partial charge in [-0.15, -0.1) is 0 Å². The third-order valence-corrected chi connectivity index (χ3v) is 4.48. The Hall–Kier alpha value is -3.52. The van der Waals surface area contributed by atoms with Crippen LogP contribution in [0, 0.1) is 5.92 Å². The Morgan fingerprint density at radius 2 is 1.58 bits per heavy atom. The summed E-state index contributed by atoms with van der Waals surface area (Å²) in [7, 11) is 0. The van der Waals surface area contributed by atoms with Crippen LogP contribution in [-0.4, -0.2) is 85.7 Å². The molecule has 4 unspecified atom stereocenters. The number of nitrogens with one attached hydrogen (secondary N) is 4. The molecule has 14 nitrogen and oxygen atoms in total. The lowest BCUT2D eigenvalue weighted by Crippen LogP contribution is -2.58. The molecule has 0 aromatic carbocycles. The summed E-state index contributed by atoms with van der Waals surface area (Å²) in [6.45, 7) is 2.62. The number of carbonyl (C=O) groups excluding carboxylic acids is 3. The summed E-state index contributed by atoms with van der Waals surface area (Å²) < 4.78 is 0. The van der Waals surface area contributed by atoms with Crippen LogP contribution < -0.4 is 21.7 Å². The molecule has 14 heteroatoms. The molecule has 0 aliphatic rings. The first-order valence-electron chi connectivity index (χ1n) is 10.1. The molecule has 0 aliphatic carbocycles. The highest BCUT2D eigenvalue weighted by Crippen LogP contribution is 2.06. The van der Waals surface area contributed by atoms with Gasteiger partial charge in [-0.05, 0) is 12.3 Å². The Balaban J connectivity index is 2.83. The van der Waals surface area contributed by atoms with Crippen LogP contribution in [0.15, 0.2) is 12.5 Å². The molecule has 1 rings (SSSR count). The van der Waals surface area contributed by atoms with E-state index in [-0.39, 0.29) is 18.8 Å². The standard InChI is InChI=1S/C19H30N6O8/c1-9(2)3-13(19(32)33)24-18(31)14(7-26)25-17(30)12(5-15(27)28)23-16(29)11(20)4-10-6-21-8-22-10/h6,8-9,11-14,26H,3-5,7,20H2,1-2H3,(H,21,22)(H,23,29)(H,24,31)(H,25,30)(H,27,28)(H,32,33). The van der Waals surface area contributed by atoms with Gasteiger partial charge in [0.15, 0.2) is 0 Å². The highest BCUT2D eigenvalue weighted by Gasteiger charge is 2.31. The van der Waals surface area contributed by atoms with Gasteiger partial charge in [-0.2, -0.15) is 0 Å². The third kappa shape index (κ3) is 9.65. The van der Waals surface area contributed by atoms with Gasteiger partial charge in [0.25, 0.3) is 0 Å². The number of hydrogen-bond donors (Lipinski definition) is 8. The molecular weight excluding hydrogens is 440 g/mol. The van der Waals surface area contributed by atoms with Gasteiger partial charge < -0.3 is 42.0 Å². The topological polar surface area (TPSA) is 237 Å². The Morgan fingerprint density at radius 1 is 1.00 bits per heavy atom. The molecule has 0 fully saturated rings. The molecule has 184 valence electrons. The van der Waals surface area contributed by atoms with Gasteiger partial charge in [-0.25, -0.2) is 9.78 Å². The van der Waals surface area contributed by atoms with Crippen molar-refractivity contribution in [1.82, 2.24) is 25.9 Å². The van der Waals surface area contributed by atoms with Crippen molar-refractivity contribution in [1.29, 1.82) is 0 Å². The van der Waals surface area contributed by atoms with Crippen LogP contribution in [0.5, 0.6) is 0 Å². The summed E-state index contributed by atoms with van der Waals surface area (Å²) in [5.41, 5.74) is 6.33. The first-order chi connectivity index (χ1) is 15.4. The summed E-state index contributed by atoms with van der Waals surface area (Å²) in [6.07, 6.45) is 2.17. The minimum atomic E-state index is -1.60. The Bertz CT molecular complexity index is 828. The fourth-order valence-corrected chi connectivity index (χ4v) is 2.82. The number of H-pyrrole nitrogens is 1. The maximum Gasteiger partial charge on any atom is 0.326 e. The number of carboxylic acid groups (broad SMARTS) is 2. The van der Waals surface area contributed by atoms with E-state index in [1.165, 1.54) is 12.5 Å². The fraction of sp³-hybridized carbons (Fsp3) is 0.579. The van der Waals surface area contributed by atoms with E-state index in [4.69, 9.17) is 10.8 Å². The van der Waals surface area contributed by atoms with Crippen LogP contribution >= 0.6 is 0 Å². The van der Waals surface area contributed by atoms with Crippen LogP contribution in [0.4, 0.5) is 0 Å². The summed E-state index contributed by atoms with van der Waals surface area (Å²) in [6, 6.07) is -5.55. The van der Waals surface area contributed by atoms with Gasteiger partial charge in [-0.1, -0.05) is 13.8 Å². The highest BCUT2D eigenvalue weighted by atomic mass is 16.4. The number of aromatic nitrogens is 2. The quantitative estimate of drug-likeness (QED) is 0.140. The number of aliphatic hydroxyl groups is 1.